The molecule has 4 heterocycles. The molecule has 2 aliphatic rings. The Morgan fingerprint density at radius 1 is 1.08 bits per heavy atom. The van der Waals surface area contributed by atoms with Crippen LogP contribution in [0.4, 0.5) is 5.82 Å². The van der Waals surface area contributed by atoms with E-state index in [4.69, 9.17) is 4.52 Å². The number of nitrogens with zero attached hydrogens (tertiary/aromatic N) is 5. The van der Waals surface area contributed by atoms with Gasteiger partial charge in [-0.05, 0) is 32.6 Å². The number of likely N-dealkylation sites (tertiary alicyclic amines) is 1. The zero-order valence-corrected chi connectivity index (χ0v) is 14.8. The maximum atomic E-state index is 12.8. The first-order chi connectivity index (χ1) is 12.2. The van der Waals surface area contributed by atoms with Gasteiger partial charge >= 0.3 is 0 Å². The monoisotopic (exact) mass is 343 g/mol. The Balaban J connectivity index is 1.44. The molecule has 0 aliphatic carbocycles. The largest absolute Gasteiger partial charge is 0.356 e. The molecule has 7 nitrogen and oxygen atoms in total. The van der Waals surface area contributed by atoms with Gasteiger partial charge in [0.15, 0.2) is 0 Å². The molecule has 134 valence electrons. The summed E-state index contributed by atoms with van der Waals surface area (Å²) in [5.74, 6) is 1.38. The summed E-state index contributed by atoms with van der Waals surface area (Å²) in [4.78, 5) is 25.8. The molecular weight excluding hydrogens is 318 g/mol. The van der Waals surface area contributed by atoms with E-state index in [-0.39, 0.29) is 5.92 Å². The Hall–Kier alpha value is -2.18. The van der Waals surface area contributed by atoms with Gasteiger partial charge < -0.3 is 14.3 Å². The van der Waals surface area contributed by atoms with Crippen LogP contribution in [0, 0.1) is 12.8 Å². The van der Waals surface area contributed by atoms with E-state index in [0.717, 1.165) is 68.8 Å². The number of anilines is 1. The Morgan fingerprint density at radius 2 is 1.80 bits per heavy atom. The van der Waals surface area contributed by atoms with Crippen LogP contribution in [-0.2, 0) is 4.79 Å². The minimum Gasteiger partial charge on any atom is -0.356 e. The molecule has 2 aliphatic heterocycles. The van der Waals surface area contributed by atoms with E-state index in [9.17, 15) is 4.79 Å². The number of hydrogen-bond donors (Lipinski definition) is 0. The fourth-order valence-corrected chi connectivity index (χ4v) is 4.03. The zero-order valence-electron chi connectivity index (χ0n) is 14.8. The zero-order chi connectivity index (χ0) is 17.2. The third-order valence-corrected chi connectivity index (χ3v) is 5.48. The average molecular weight is 343 g/mol. The van der Waals surface area contributed by atoms with Gasteiger partial charge in [0.2, 0.25) is 5.91 Å². The van der Waals surface area contributed by atoms with Crippen LogP contribution in [0.5, 0.6) is 0 Å². The van der Waals surface area contributed by atoms with Crippen LogP contribution in [0.1, 0.15) is 44.2 Å². The highest BCUT2D eigenvalue weighted by Crippen LogP contribution is 2.30. The first-order valence-corrected chi connectivity index (χ1v) is 9.35. The van der Waals surface area contributed by atoms with E-state index in [1.54, 1.807) is 0 Å². The van der Waals surface area contributed by atoms with Crippen molar-refractivity contribution in [3.8, 4) is 0 Å². The van der Waals surface area contributed by atoms with Gasteiger partial charge in [0, 0.05) is 32.1 Å². The highest BCUT2D eigenvalue weighted by molar-refractivity contribution is 5.88. The number of aromatic nitrogens is 3. The molecule has 4 rings (SSSR count). The van der Waals surface area contributed by atoms with Gasteiger partial charge in [-0.25, -0.2) is 4.98 Å². The minimum atomic E-state index is 0.148. The number of carbonyl (C=O) groups is 1. The number of rotatable bonds is 2. The minimum absolute atomic E-state index is 0.148. The molecule has 0 radical (unpaired) electrons. The summed E-state index contributed by atoms with van der Waals surface area (Å²) in [5, 5.41) is 4.89. The van der Waals surface area contributed by atoms with E-state index in [1.807, 2.05) is 6.92 Å². The molecule has 0 saturated carbocycles. The van der Waals surface area contributed by atoms with Crippen molar-refractivity contribution in [1.82, 2.24) is 20.0 Å². The van der Waals surface area contributed by atoms with Crippen molar-refractivity contribution in [2.45, 2.75) is 45.4 Å². The third-order valence-electron chi connectivity index (χ3n) is 5.48. The fraction of sp³-hybridized carbons (Fsp3) is 0.667. The third kappa shape index (κ3) is 3.19. The number of hydrogen-bond acceptors (Lipinski definition) is 6. The SMILES string of the molecule is Cc1noc2ncnc(N3CCC(C(=O)N4CCCCCC4)CC3)c12. The molecule has 2 fully saturated rings. The summed E-state index contributed by atoms with van der Waals surface area (Å²) in [6.07, 6.45) is 8.09. The second kappa shape index (κ2) is 6.98. The van der Waals surface area contributed by atoms with Gasteiger partial charge in [-0.2, -0.15) is 4.98 Å². The van der Waals surface area contributed by atoms with E-state index in [2.05, 4.69) is 24.9 Å². The van der Waals surface area contributed by atoms with Crippen LogP contribution in [0.3, 0.4) is 0 Å². The second-order valence-electron chi connectivity index (χ2n) is 7.15. The molecule has 0 aromatic carbocycles. The van der Waals surface area contributed by atoms with Crippen molar-refractivity contribution in [2.75, 3.05) is 31.1 Å². The summed E-state index contributed by atoms with van der Waals surface area (Å²) in [6, 6.07) is 0. The average Bonchev–Trinajstić information content (AvgIpc) is 2.87. The van der Waals surface area contributed by atoms with Gasteiger partial charge in [-0.1, -0.05) is 18.0 Å². The molecule has 0 N–H and O–H groups in total. The lowest BCUT2D eigenvalue weighted by atomic mass is 9.95. The first kappa shape index (κ1) is 16.3. The molecule has 2 aromatic heterocycles. The van der Waals surface area contributed by atoms with E-state index in [0.29, 0.717) is 11.6 Å². The predicted octanol–water partition coefficient (Wildman–Crippen LogP) is 2.55. The molecule has 25 heavy (non-hydrogen) atoms. The lowest BCUT2D eigenvalue weighted by Gasteiger charge is -2.34. The van der Waals surface area contributed by atoms with E-state index in [1.165, 1.54) is 19.2 Å². The maximum Gasteiger partial charge on any atom is 0.263 e. The molecule has 0 atom stereocenters. The Kier molecular flexibility index (Phi) is 4.55. The summed E-state index contributed by atoms with van der Waals surface area (Å²) in [7, 11) is 0. The van der Waals surface area contributed by atoms with Crippen molar-refractivity contribution >= 4 is 22.8 Å². The molecule has 2 saturated heterocycles. The predicted molar refractivity (Wildman–Crippen MR) is 94.3 cm³/mol. The summed E-state index contributed by atoms with van der Waals surface area (Å²) >= 11 is 0. The van der Waals surface area contributed by atoms with E-state index < -0.39 is 0 Å². The van der Waals surface area contributed by atoms with Gasteiger partial charge in [-0.15, -0.1) is 0 Å². The Bertz CT molecular complexity index is 743. The smallest absolute Gasteiger partial charge is 0.263 e. The lowest BCUT2D eigenvalue weighted by Crippen LogP contribution is -2.43. The fourth-order valence-electron chi connectivity index (χ4n) is 4.03. The summed E-state index contributed by atoms with van der Waals surface area (Å²) in [5.41, 5.74) is 1.35. The molecule has 1 amide bonds. The highest BCUT2D eigenvalue weighted by Gasteiger charge is 2.30. The number of piperidine rings is 1. The van der Waals surface area contributed by atoms with Crippen molar-refractivity contribution in [2.24, 2.45) is 5.92 Å². The normalized spacial score (nSPS) is 20.0. The van der Waals surface area contributed by atoms with Crippen molar-refractivity contribution < 1.29 is 9.32 Å². The lowest BCUT2D eigenvalue weighted by molar-refractivity contribution is -0.136. The Labute approximate surface area is 147 Å². The van der Waals surface area contributed by atoms with Crippen LogP contribution < -0.4 is 4.90 Å². The highest BCUT2D eigenvalue weighted by atomic mass is 16.5. The molecule has 2 aromatic rings. The molecular formula is C18H25N5O2. The quantitative estimate of drug-likeness (QED) is 0.834. The number of amides is 1. The van der Waals surface area contributed by atoms with Crippen molar-refractivity contribution in [3.63, 3.8) is 0 Å². The number of carbonyl (C=O) groups excluding carboxylic acids is 1. The number of fused-ring (bicyclic) bond motifs is 1. The van der Waals surface area contributed by atoms with Crippen molar-refractivity contribution in [3.05, 3.63) is 12.0 Å². The van der Waals surface area contributed by atoms with Gasteiger partial charge in [0.05, 0.1) is 5.69 Å². The van der Waals surface area contributed by atoms with Crippen LogP contribution in [0.2, 0.25) is 0 Å². The molecule has 0 spiro atoms. The van der Waals surface area contributed by atoms with Gasteiger partial charge in [0.1, 0.15) is 17.5 Å². The standard InChI is InChI=1S/C18H25N5O2/c1-13-15-16(19-12-20-17(15)25-21-13)22-10-6-14(7-11-22)18(24)23-8-4-2-3-5-9-23/h12,14H,2-11H2,1H3. The van der Waals surface area contributed by atoms with Gasteiger partial charge in [0.25, 0.3) is 5.71 Å². The summed E-state index contributed by atoms with van der Waals surface area (Å²) < 4.78 is 5.24. The van der Waals surface area contributed by atoms with Gasteiger partial charge in [-0.3, -0.25) is 4.79 Å². The summed E-state index contributed by atoms with van der Waals surface area (Å²) in [6.45, 7) is 5.45. The maximum absolute atomic E-state index is 12.8. The Morgan fingerprint density at radius 3 is 2.52 bits per heavy atom. The van der Waals surface area contributed by atoms with Crippen LogP contribution >= 0.6 is 0 Å². The van der Waals surface area contributed by atoms with Crippen LogP contribution in [0.25, 0.3) is 11.1 Å². The van der Waals surface area contributed by atoms with E-state index >= 15 is 0 Å². The molecule has 0 unspecified atom stereocenters. The number of aryl methyl sites for hydroxylation is 1. The van der Waals surface area contributed by atoms with Crippen LogP contribution in [-0.4, -0.2) is 52.1 Å². The topological polar surface area (TPSA) is 75.4 Å². The van der Waals surface area contributed by atoms with Crippen molar-refractivity contribution in [1.29, 1.82) is 0 Å². The molecule has 0 bridgehead atoms. The molecule has 7 heteroatoms. The first-order valence-electron chi connectivity index (χ1n) is 9.35. The van der Waals surface area contributed by atoms with Crippen LogP contribution in [0.15, 0.2) is 10.9 Å². The second-order valence-corrected chi connectivity index (χ2v) is 7.15.